The Labute approximate surface area is 150 Å². The molecule has 0 spiro atoms. The molecule has 7 heteroatoms. The van der Waals surface area contributed by atoms with E-state index in [9.17, 15) is 17.6 Å². The molecule has 0 aliphatic heterocycles. The van der Waals surface area contributed by atoms with Crippen LogP contribution in [0.4, 0.5) is 4.39 Å². The van der Waals surface area contributed by atoms with Crippen LogP contribution in [0.3, 0.4) is 0 Å². The molecule has 0 saturated carbocycles. The molecule has 136 valence electrons. The van der Waals surface area contributed by atoms with E-state index in [4.69, 9.17) is 4.74 Å². The molecule has 0 saturated heterocycles. The molecule has 0 atom stereocenters. The average molecular weight is 375 g/mol. The lowest BCUT2D eigenvalue weighted by molar-refractivity contribution is 0.416. The van der Waals surface area contributed by atoms with Crippen molar-refractivity contribution in [3.8, 4) is 16.9 Å². The Morgan fingerprint density at radius 1 is 1.08 bits per heavy atom. The average Bonchev–Trinajstić information content (AvgIpc) is 2.64. The number of aromatic nitrogens is 1. The number of aryl methyl sites for hydroxylation is 1. The highest BCUT2D eigenvalue weighted by atomic mass is 32.2. The first kappa shape index (κ1) is 18.1. The molecule has 0 aliphatic carbocycles. The molecule has 0 N–H and O–H groups in total. The maximum atomic E-state index is 13.8. The van der Waals surface area contributed by atoms with E-state index in [2.05, 4.69) is 0 Å². The number of rotatable bonds is 4. The summed E-state index contributed by atoms with van der Waals surface area (Å²) in [5, 5.41) is 0.745. The quantitative estimate of drug-likeness (QED) is 0.703. The fraction of sp³-hybridized carbons (Fsp3) is 0.211. The Kier molecular flexibility index (Phi) is 4.58. The fourth-order valence-electron chi connectivity index (χ4n) is 2.91. The predicted octanol–water partition coefficient (Wildman–Crippen LogP) is 3.15. The van der Waals surface area contributed by atoms with Gasteiger partial charge in [-0.25, -0.2) is 12.8 Å². The van der Waals surface area contributed by atoms with Crippen LogP contribution in [0.2, 0.25) is 0 Å². The molecular formula is C19H18FNO4S. The van der Waals surface area contributed by atoms with Crippen LogP contribution in [-0.4, -0.2) is 25.8 Å². The van der Waals surface area contributed by atoms with E-state index in [0.717, 1.165) is 0 Å². The standard InChI is InChI=1S/C19H18FNO4S/c1-4-26(23,24)13-6-8-18(25-3)16(10-13)17-11-21(2)19(22)14-7-5-12(20)9-15(14)17/h5-11H,4H2,1-3H3. The zero-order chi connectivity index (χ0) is 19.1. The topological polar surface area (TPSA) is 65.4 Å². The summed E-state index contributed by atoms with van der Waals surface area (Å²) in [6.45, 7) is 1.57. The zero-order valence-corrected chi connectivity index (χ0v) is 15.4. The lowest BCUT2D eigenvalue weighted by Crippen LogP contribution is -2.16. The second-order valence-electron chi connectivity index (χ2n) is 5.91. The van der Waals surface area contributed by atoms with Crippen molar-refractivity contribution < 1.29 is 17.5 Å². The lowest BCUT2D eigenvalue weighted by atomic mass is 9.99. The number of fused-ring (bicyclic) bond motifs is 1. The fourth-order valence-corrected chi connectivity index (χ4v) is 3.82. The summed E-state index contributed by atoms with van der Waals surface area (Å²) >= 11 is 0. The van der Waals surface area contributed by atoms with Gasteiger partial charge < -0.3 is 9.30 Å². The molecular weight excluding hydrogens is 357 g/mol. The summed E-state index contributed by atoms with van der Waals surface area (Å²) in [4.78, 5) is 12.5. The van der Waals surface area contributed by atoms with Crippen LogP contribution in [0.1, 0.15) is 6.92 Å². The normalized spacial score (nSPS) is 11.7. The van der Waals surface area contributed by atoms with Gasteiger partial charge in [0.05, 0.1) is 17.8 Å². The van der Waals surface area contributed by atoms with E-state index < -0.39 is 15.7 Å². The molecule has 0 aliphatic rings. The number of benzene rings is 2. The van der Waals surface area contributed by atoms with Gasteiger partial charge in [0.2, 0.25) is 0 Å². The molecule has 26 heavy (non-hydrogen) atoms. The zero-order valence-electron chi connectivity index (χ0n) is 14.6. The highest BCUT2D eigenvalue weighted by Gasteiger charge is 2.18. The lowest BCUT2D eigenvalue weighted by Gasteiger charge is -2.14. The number of hydrogen-bond acceptors (Lipinski definition) is 4. The van der Waals surface area contributed by atoms with Gasteiger partial charge in [0.1, 0.15) is 11.6 Å². The van der Waals surface area contributed by atoms with Crippen molar-refractivity contribution in [1.29, 1.82) is 0 Å². The second kappa shape index (κ2) is 6.57. The van der Waals surface area contributed by atoms with Crippen LogP contribution in [0.25, 0.3) is 21.9 Å². The Morgan fingerprint density at radius 3 is 2.46 bits per heavy atom. The van der Waals surface area contributed by atoms with Crippen LogP contribution in [0.15, 0.2) is 52.3 Å². The van der Waals surface area contributed by atoms with Gasteiger partial charge in [0.15, 0.2) is 9.84 Å². The first-order chi connectivity index (χ1) is 12.3. The summed E-state index contributed by atoms with van der Waals surface area (Å²) in [6.07, 6.45) is 1.56. The number of methoxy groups -OCH3 is 1. The van der Waals surface area contributed by atoms with Gasteiger partial charge in [-0.05, 0) is 41.8 Å². The van der Waals surface area contributed by atoms with E-state index >= 15 is 0 Å². The van der Waals surface area contributed by atoms with E-state index in [1.54, 1.807) is 26.2 Å². The van der Waals surface area contributed by atoms with Crippen LogP contribution < -0.4 is 10.3 Å². The summed E-state index contributed by atoms with van der Waals surface area (Å²) in [7, 11) is -0.371. The Morgan fingerprint density at radius 2 is 1.81 bits per heavy atom. The number of ether oxygens (including phenoxy) is 1. The van der Waals surface area contributed by atoms with Crippen molar-refractivity contribution in [3.05, 3.63) is 58.8 Å². The van der Waals surface area contributed by atoms with Crippen molar-refractivity contribution in [2.45, 2.75) is 11.8 Å². The van der Waals surface area contributed by atoms with Crippen molar-refractivity contribution >= 4 is 20.6 Å². The summed E-state index contributed by atoms with van der Waals surface area (Å²) in [6, 6.07) is 8.46. The highest BCUT2D eigenvalue weighted by molar-refractivity contribution is 7.91. The van der Waals surface area contributed by atoms with E-state index in [1.807, 2.05) is 0 Å². The van der Waals surface area contributed by atoms with E-state index in [0.29, 0.717) is 27.6 Å². The van der Waals surface area contributed by atoms with E-state index in [-0.39, 0.29) is 16.2 Å². The highest BCUT2D eigenvalue weighted by Crippen LogP contribution is 2.36. The summed E-state index contributed by atoms with van der Waals surface area (Å²) in [5.41, 5.74) is 0.736. The Bertz CT molecular complexity index is 1170. The molecule has 3 rings (SSSR count). The third-order valence-electron chi connectivity index (χ3n) is 4.35. The maximum Gasteiger partial charge on any atom is 0.258 e. The van der Waals surface area contributed by atoms with Gasteiger partial charge >= 0.3 is 0 Å². The number of hydrogen-bond donors (Lipinski definition) is 0. The Hall–Kier alpha value is -2.67. The van der Waals surface area contributed by atoms with Gasteiger partial charge in [0.25, 0.3) is 5.56 Å². The van der Waals surface area contributed by atoms with E-state index in [1.165, 1.54) is 42.0 Å². The molecule has 0 amide bonds. The third-order valence-corrected chi connectivity index (χ3v) is 6.08. The minimum absolute atomic E-state index is 0.0403. The molecule has 2 aromatic carbocycles. The number of halogens is 1. The van der Waals surface area contributed by atoms with Gasteiger partial charge in [-0.1, -0.05) is 6.92 Å². The third kappa shape index (κ3) is 2.99. The molecule has 1 aromatic heterocycles. The smallest absolute Gasteiger partial charge is 0.258 e. The molecule has 5 nitrogen and oxygen atoms in total. The number of pyridine rings is 1. The summed E-state index contributed by atoms with van der Waals surface area (Å²) < 4.78 is 45.1. The van der Waals surface area contributed by atoms with Crippen LogP contribution in [0.5, 0.6) is 5.75 Å². The van der Waals surface area contributed by atoms with Gasteiger partial charge in [-0.15, -0.1) is 0 Å². The first-order valence-corrected chi connectivity index (χ1v) is 9.63. The SMILES string of the molecule is CCS(=O)(=O)c1ccc(OC)c(-c2cn(C)c(=O)c3ccc(F)cc23)c1. The molecule has 1 heterocycles. The van der Waals surface area contributed by atoms with Crippen LogP contribution in [-0.2, 0) is 16.9 Å². The van der Waals surface area contributed by atoms with Gasteiger partial charge in [-0.3, -0.25) is 4.79 Å². The minimum atomic E-state index is -3.43. The molecule has 0 radical (unpaired) electrons. The largest absolute Gasteiger partial charge is 0.496 e. The van der Waals surface area contributed by atoms with Crippen molar-refractivity contribution in [2.24, 2.45) is 7.05 Å². The molecule has 3 aromatic rings. The molecule has 0 unspecified atom stereocenters. The van der Waals surface area contributed by atoms with Crippen molar-refractivity contribution in [2.75, 3.05) is 12.9 Å². The van der Waals surface area contributed by atoms with Crippen LogP contribution in [0, 0.1) is 5.82 Å². The number of sulfone groups is 1. The van der Waals surface area contributed by atoms with Crippen LogP contribution >= 0.6 is 0 Å². The Balaban J connectivity index is 2.43. The molecule has 0 fully saturated rings. The minimum Gasteiger partial charge on any atom is -0.496 e. The molecule has 0 bridgehead atoms. The summed E-state index contributed by atoms with van der Waals surface area (Å²) in [5.74, 6) is -0.0888. The van der Waals surface area contributed by atoms with Gasteiger partial charge in [0, 0.05) is 29.8 Å². The monoisotopic (exact) mass is 375 g/mol. The predicted molar refractivity (Wildman–Crippen MR) is 98.9 cm³/mol. The second-order valence-corrected chi connectivity index (χ2v) is 8.19. The maximum absolute atomic E-state index is 13.8. The number of nitrogens with zero attached hydrogens (tertiary/aromatic N) is 1. The first-order valence-electron chi connectivity index (χ1n) is 7.98. The van der Waals surface area contributed by atoms with Crippen molar-refractivity contribution in [3.63, 3.8) is 0 Å². The van der Waals surface area contributed by atoms with Gasteiger partial charge in [-0.2, -0.15) is 0 Å². The van der Waals surface area contributed by atoms with Crippen molar-refractivity contribution in [1.82, 2.24) is 4.57 Å².